The maximum atomic E-state index is 11.3. The first-order valence-electron chi connectivity index (χ1n) is 12.9. The summed E-state index contributed by atoms with van der Waals surface area (Å²) < 4.78 is 31.3. The quantitative estimate of drug-likeness (QED) is 0.260. The van der Waals surface area contributed by atoms with E-state index in [0.29, 0.717) is 13.1 Å². The lowest BCUT2D eigenvalue weighted by Gasteiger charge is -2.12. The van der Waals surface area contributed by atoms with Crippen LogP contribution in [0, 0.1) is 0 Å². The van der Waals surface area contributed by atoms with E-state index in [-0.39, 0.29) is 6.61 Å². The molecule has 0 atom stereocenters. The fourth-order valence-electron chi connectivity index (χ4n) is 5.20. The molecule has 2 aromatic carbocycles. The van der Waals surface area contributed by atoms with E-state index in [1.165, 1.54) is 11.1 Å². The van der Waals surface area contributed by atoms with Crippen LogP contribution in [0.25, 0.3) is 31.6 Å². The van der Waals surface area contributed by atoms with Crippen molar-refractivity contribution in [1.29, 1.82) is 0 Å². The lowest BCUT2D eigenvalue weighted by atomic mass is 9.95. The van der Waals surface area contributed by atoms with Crippen LogP contribution in [0.3, 0.4) is 0 Å². The number of rotatable bonds is 8. The average Bonchev–Trinajstić information content (AvgIpc) is 3.63. The maximum absolute atomic E-state index is 11.3. The van der Waals surface area contributed by atoms with Crippen LogP contribution < -0.4 is 5.32 Å². The van der Waals surface area contributed by atoms with Crippen LogP contribution >= 0.6 is 11.3 Å². The molecular formula is C28H25N7O3S2. The molecule has 7 rings (SSSR count). The molecular weight excluding hydrogens is 546 g/mol. The number of fused-ring (bicyclic) bond motifs is 6. The Morgan fingerprint density at radius 1 is 1.10 bits per heavy atom. The molecule has 4 heterocycles. The lowest BCUT2D eigenvalue weighted by Crippen LogP contribution is -2.11. The average molecular weight is 572 g/mol. The van der Waals surface area contributed by atoms with Crippen LogP contribution in [0.5, 0.6) is 0 Å². The van der Waals surface area contributed by atoms with Crippen molar-refractivity contribution in [3.63, 3.8) is 0 Å². The molecule has 0 fully saturated rings. The van der Waals surface area contributed by atoms with Crippen molar-refractivity contribution in [2.45, 2.75) is 25.9 Å². The van der Waals surface area contributed by atoms with Gasteiger partial charge in [-0.05, 0) is 42.2 Å². The molecule has 0 radical (unpaired) electrons. The number of hydrogen-bond acceptors (Lipinski definition) is 9. The Hall–Kier alpha value is -4.13. The van der Waals surface area contributed by atoms with Gasteiger partial charge < -0.3 is 5.32 Å². The third kappa shape index (κ3) is 4.74. The van der Waals surface area contributed by atoms with Crippen molar-refractivity contribution in [1.82, 2.24) is 29.5 Å². The summed E-state index contributed by atoms with van der Waals surface area (Å²) in [5.41, 5.74) is 6.47. The van der Waals surface area contributed by atoms with Gasteiger partial charge in [-0.2, -0.15) is 18.6 Å². The Morgan fingerprint density at radius 3 is 2.83 bits per heavy atom. The summed E-state index contributed by atoms with van der Waals surface area (Å²) in [6.45, 7) is 1.12. The van der Waals surface area contributed by atoms with Crippen LogP contribution in [0.15, 0.2) is 67.3 Å². The van der Waals surface area contributed by atoms with Gasteiger partial charge in [0.25, 0.3) is 10.1 Å². The van der Waals surface area contributed by atoms with Crippen LogP contribution in [0.2, 0.25) is 0 Å². The molecule has 0 aliphatic heterocycles. The summed E-state index contributed by atoms with van der Waals surface area (Å²) in [6, 6.07) is 16.5. The molecule has 12 heteroatoms. The predicted molar refractivity (Wildman–Crippen MR) is 155 cm³/mol. The van der Waals surface area contributed by atoms with Gasteiger partial charge in [-0.25, -0.2) is 9.97 Å². The number of nitrogens with one attached hydrogen (secondary N) is 1. The molecule has 202 valence electrons. The van der Waals surface area contributed by atoms with Crippen molar-refractivity contribution in [3.05, 3.63) is 84.1 Å². The zero-order valence-electron chi connectivity index (χ0n) is 21.6. The second-order valence-corrected chi connectivity index (χ2v) is 12.4. The van der Waals surface area contributed by atoms with Crippen molar-refractivity contribution in [2.24, 2.45) is 0 Å². The van der Waals surface area contributed by atoms with Crippen molar-refractivity contribution in [3.8, 4) is 10.4 Å². The van der Waals surface area contributed by atoms with Crippen LogP contribution in [0.1, 0.15) is 16.8 Å². The van der Waals surface area contributed by atoms with Crippen molar-refractivity contribution >= 4 is 54.1 Å². The molecule has 0 unspecified atom stereocenters. The van der Waals surface area contributed by atoms with Gasteiger partial charge in [0.05, 0.1) is 48.7 Å². The van der Waals surface area contributed by atoms with Gasteiger partial charge in [-0.3, -0.25) is 13.5 Å². The molecule has 4 aromatic heterocycles. The molecule has 1 aliphatic carbocycles. The normalized spacial score (nSPS) is 13.0. The van der Waals surface area contributed by atoms with E-state index < -0.39 is 10.1 Å². The standard InChI is InChI=1S/C28H25N7O3S2/c1-40(36,37)38-12-11-34-16-22-23(33-34)9-8-21-25-27(29-17-30-28(25)39-26(21)22)32-20-7-10-24-19(13-20)14-31-35(24)15-18-5-3-2-4-6-18/h2-7,10,13-14,16-17H,8-9,11-12,15H2,1H3,(H,29,30,32). The second-order valence-electron chi connectivity index (χ2n) is 9.78. The molecule has 0 amide bonds. The maximum Gasteiger partial charge on any atom is 0.264 e. The van der Waals surface area contributed by atoms with Gasteiger partial charge in [0, 0.05) is 27.7 Å². The first-order chi connectivity index (χ1) is 19.4. The topological polar surface area (TPSA) is 117 Å². The molecule has 1 N–H and O–H groups in total. The minimum Gasteiger partial charge on any atom is -0.340 e. The predicted octanol–water partition coefficient (Wildman–Crippen LogP) is 4.77. The molecule has 0 spiro atoms. The van der Waals surface area contributed by atoms with Gasteiger partial charge in [0.1, 0.15) is 17.0 Å². The zero-order valence-corrected chi connectivity index (χ0v) is 23.2. The first-order valence-corrected chi connectivity index (χ1v) is 15.5. The summed E-state index contributed by atoms with van der Waals surface area (Å²) in [7, 11) is -3.48. The molecule has 6 aromatic rings. The molecule has 10 nitrogen and oxygen atoms in total. The minimum atomic E-state index is -3.48. The highest BCUT2D eigenvalue weighted by Gasteiger charge is 2.26. The summed E-state index contributed by atoms with van der Waals surface area (Å²) in [6.07, 6.45) is 8.12. The summed E-state index contributed by atoms with van der Waals surface area (Å²) >= 11 is 1.63. The van der Waals surface area contributed by atoms with Crippen LogP contribution in [-0.2, 0) is 40.2 Å². The number of anilines is 2. The minimum absolute atomic E-state index is 0.0493. The van der Waals surface area contributed by atoms with Gasteiger partial charge in [-0.1, -0.05) is 30.3 Å². The van der Waals surface area contributed by atoms with Crippen molar-refractivity contribution < 1.29 is 12.6 Å². The lowest BCUT2D eigenvalue weighted by molar-refractivity contribution is 0.297. The van der Waals surface area contributed by atoms with E-state index in [0.717, 1.165) is 67.9 Å². The number of thiophene rings is 1. The fraction of sp³-hybridized carbons (Fsp3) is 0.214. The van der Waals surface area contributed by atoms with Crippen LogP contribution in [0.4, 0.5) is 11.5 Å². The third-order valence-electron chi connectivity index (χ3n) is 6.98. The highest BCUT2D eigenvalue weighted by atomic mass is 32.2. The number of hydrogen-bond donors (Lipinski definition) is 1. The molecule has 1 aliphatic rings. The SMILES string of the molecule is CS(=O)(=O)OCCn1cc2c(n1)CCc1c-2sc2ncnc(Nc3ccc4c(cnn4Cc4ccccc4)c3)c12. The Balaban J connectivity index is 1.17. The Kier molecular flexibility index (Phi) is 6.10. The third-order valence-corrected chi connectivity index (χ3v) is 8.75. The molecule has 0 saturated carbocycles. The Labute approximate surface area is 234 Å². The van der Waals surface area contributed by atoms with E-state index in [1.54, 1.807) is 22.3 Å². The number of aromatic nitrogens is 6. The van der Waals surface area contributed by atoms with Crippen LogP contribution in [-0.4, -0.2) is 50.8 Å². The van der Waals surface area contributed by atoms with Gasteiger partial charge in [0.2, 0.25) is 0 Å². The highest BCUT2D eigenvalue weighted by Crippen LogP contribution is 2.45. The number of aryl methyl sites for hydroxylation is 2. The molecule has 0 bridgehead atoms. The zero-order chi connectivity index (χ0) is 27.3. The van der Waals surface area contributed by atoms with E-state index in [9.17, 15) is 8.42 Å². The second kappa shape index (κ2) is 9.81. The molecule has 0 saturated heterocycles. The monoisotopic (exact) mass is 571 g/mol. The fourth-order valence-corrected chi connectivity index (χ4v) is 6.80. The summed E-state index contributed by atoms with van der Waals surface area (Å²) in [4.78, 5) is 11.2. The van der Waals surface area contributed by atoms with E-state index in [1.807, 2.05) is 35.3 Å². The van der Waals surface area contributed by atoms with Crippen molar-refractivity contribution in [2.75, 3.05) is 18.2 Å². The van der Waals surface area contributed by atoms with E-state index in [4.69, 9.17) is 4.18 Å². The first kappa shape index (κ1) is 24.9. The van der Waals surface area contributed by atoms with Gasteiger partial charge in [0.15, 0.2) is 0 Å². The summed E-state index contributed by atoms with van der Waals surface area (Å²) in [5, 5.41) is 14.9. The smallest absolute Gasteiger partial charge is 0.264 e. The number of nitrogens with zero attached hydrogens (tertiary/aromatic N) is 6. The van der Waals surface area contributed by atoms with E-state index in [2.05, 4.69) is 55.8 Å². The Bertz CT molecular complexity index is 1980. The highest BCUT2D eigenvalue weighted by molar-refractivity contribution is 7.85. The Morgan fingerprint density at radius 2 is 1.98 bits per heavy atom. The number of benzene rings is 2. The summed E-state index contributed by atoms with van der Waals surface area (Å²) in [5.74, 6) is 0.774. The van der Waals surface area contributed by atoms with Gasteiger partial charge in [-0.15, -0.1) is 11.3 Å². The molecule has 40 heavy (non-hydrogen) atoms. The van der Waals surface area contributed by atoms with Gasteiger partial charge >= 0.3 is 0 Å². The van der Waals surface area contributed by atoms with E-state index >= 15 is 0 Å². The largest absolute Gasteiger partial charge is 0.340 e.